The van der Waals surface area contributed by atoms with E-state index >= 15 is 0 Å². The van der Waals surface area contributed by atoms with Gasteiger partial charge >= 0.3 is 5.97 Å². The number of hydrogen-bond donors (Lipinski definition) is 1. The fourth-order valence-corrected chi connectivity index (χ4v) is 2.10. The molecule has 5 nitrogen and oxygen atoms in total. The van der Waals surface area contributed by atoms with Crippen LogP contribution in [0.1, 0.15) is 12.8 Å². The summed E-state index contributed by atoms with van der Waals surface area (Å²) in [6.45, 7) is -0.0331. The molecule has 2 N–H and O–H groups in total. The molecule has 15 heavy (non-hydrogen) atoms. The Balaban J connectivity index is 2.73. The minimum Gasteiger partial charge on any atom is -0.469 e. The maximum Gasteiger partial charge on any atom is 0.309 e. The summed E-state index contributed by atoms with van der Waals surface area (Å²) in [7, 11) is 2.90. The van der Waals surface area contributed by atoms with Gasteiger partial charge in [-0.25, -0.2) is 0 Å². The molecular formula is C10H17NO4. The Hall–Kier alpha value is -0.940. The van der Waals surface area contributed by atoms with Crippen LogP contribution in [0.5, 0.6) is 0 Å². The van der Waals surface area contributed by atoms with E-state index in [9.17, 15) is 9.59 Å². The molecule has 0 radical (unpaired) electrons. The molecule has 0 aromatic heterocycles. The van der Waals surface area contributed by atoms with Gasteiger partial charge in [-0.2, -0.15) is 0 Å². The van der Waals surface area contributed by atoms with Gasteiger partial charge in [-0.1, -0.05) is 0 Å². The Morgan fingerprint density at radius 3 is 2.33 bits per heavy atom. The molecular weight excluding hydrogens is 198 g/mol. The van der Waals surface area contributed by atoms with Crippen LogP contribution in [-0.4, -0.2) is 38.6 Å². The molecule has 0 bridgehead atoms. The summed E-state index contributed by atoms with van der Waals surface area (Å²) in [5, 5.41) is 0. The lowest BCUT2D eigenvalue weighted by molar-refractivity contribution is -0.148. The van der Waals surface area contributed by atoms with E-state index in [-0.39, 0.29) is 30.3 Å². The third-order valence-corrected chi connectivity index (χ3v) is 2.97. The molecule has 1 aliphatic carbocycles. The molecule has 1 rings (SSSR count). The molecule has 0 amide bonds. The molecule has 0 heterocycles. The van der Waals surface area contributed by atoms with Crippen molar-refractivity contribution in [3.63, 3.8) is 0 Å². The van der Waals surface area contributed by atoms with Crippen molar-refractivity contribution in [1.82, 2.24) is 0 Å². The second-order valence-electron chi connectivity index (χ2n) is 3.74. The fraction of sp³-hybridized carbons (Fsp3) is 0.800. The topological polar surface area (TPSA) is 78.6 Å². The number of rotatable bonds is 4. The van der Waals surface area contributed by atoms with Crippen LogP contribution in [0.2, 0.25) is 0 Å². The van der Waals surface area contributed by atoms with E-state index in [0.717, 1.165) is 0 Å². The first kappa shape index (κ1) is 12.1. The van der Waals surface area contributed by atoms with Crippen molar-refractivity contribution in [3.8, 4) is 0 Å². The summed E-state index contributed by atoms with van der Waals surface area (Å²) < 4.78 is 9.82. The van der Waals surface area contributed by atoms with Crippen molar-refractivity contribution in [3.05, 3.63) is 0 Å². The van der Waals surface area contributed by atoms with Gasteiger partial charge in [-0.15, -0.1) is 0 Å². The molecule has 0 spiro atoms. The zero-order valence-electron chi connectivity index (χ0n) is 9.06. The van der Waals surface area contributed by atoms with Crippen molar-refractivity contribution in [2.75, 3.05) is 20.8 Å². The number of nitrogens with two attached hydrogens (primary N) is 1. The molecule has 3 atom stereocenters. The van der Waals surface area contributed by atoms with Crippen molar-refractivity contribution < 1.29 is 19.1 Å². The number of carbonyl (C=O) groups is 2. The van der Waals surface area contributed by atoms with Gasteiger partial charge in [0.05, 0.1) is 25.7 Å². The zero-order chi connectivity index (χ0) is 11.4. The van der Waals surface area contributed by atoms with Crippen molar-refractivity contribution in [2.24, 2.45) is 17.6 Å². The largest absolute Gasteiger partial charge is 0.469 e. The van der Waals surface area contributed by atoms with E-state index in [1.807, 2.05) is 0 Å². The lowest BCUT2D eigenvalue weighted by Crippen LogP contribution is -2.30. The average Bonchev–Trinajstić information content (AvgIpc) is 2.70. The van der Waals surface area contributed by atoms with E-state index in [4.69, 9.17) is 10.5 Å². The van der Waals surface area contributed by atoms with E-state index in [1.165, 1.54) is 7.11 Å². The molecule has 1 aliphatic rings. The second-order valence-corrected chi connectivity index (χ2v) is 3.74. The number of methoxy groups -OCH3 is 2. The summed E-state index contributed by atoms with van der Waals surface area (Å²) in [6, 6.07) is 0. The lowest BCUT2D eigenvalue weighted by atomic mass is 9.92. The number of carbonyl (C=O) groups excluding carboxylic acids is 2. The third kappa shape index (κ3) is 2.54. The summed E-state index contributed by atoms with van der Waals surface area (Å²) >= 11 is 0. The maximum atomic E-state index is 11.5. The second kappa shape index (κ2) is 5.23. The number of Topliss-reactive ketones (excluding diaryl/α,β-unsaturated/α-hetero) is 1. The van der Waals surface area contributed by atoms with E-state index in [1.54, 1.807) is 7.11 Å². The lowest BCUT2D eigenvalue weighted by Gasteiger charge is -2.14. The van der Waals surface area contributed by atoms with Gasteiger partial charge in [-0.05, 0) is 12.8 Å². The minimum atomic E-state index is -0.393. The standard InChI is InChI=1S/C10H17NO4/c1-14-6-3-7(9(12)5-11)8(4-6)10(13)15-2/h6-8H,3-5,11H2,1-2H3/t6-,7+,8+/m0/s1. The highest BCUT2D eigenvalue weighted by molar-refractivity contribution is 5.88. The van der Waals surface area contributed by atoms with Crippen molar-refractivity contribution in [1.29, 1.82) is 0 Å². The van der Waals surface area contributed by atoms with E-state index in [2.05, 4.69) is 4.74 Å². The molecule has 0 aromatic rings. The smallest absolute Gasteiger partial charge is 0.309 e. The predicted octanol–water partition coefficient (Wildman–Crippen LogP) is -0.272. The minimum absolute atomic E-state index is 0.0331. The average molecular weight is 215 g/mol. The van der Waals surface area contributed by atoms with Crippen LogP contribution in [0.25, 0.3) is 0 Å². The van der Waals surface area contributed by atoms with Crippen LogP contribution in [0, 0.1) is 11.8 Å². The number of ketones is 1. The molecule has 86 valence electrons. The number of ether oxygens (including phenoxy) is 2. The summed E-state index contributed by atoms with van der Waals surface area (Å²) in [4.78, 5) is 23.0. The number of esters is 1. The number of hydrogen-bond acceptors (Lipinski definition) is 5. The Bertz CT molecular complexity index is 230. The molecule has 0 unspecified atom stereocenters. The third-order valence-electron chi connectivity index (χ3n) is 2.97. The Morgan fingerprint density at radius 2 is 1.87 bits per heavy atom. The first-order valence-electron chi connectivity index (χ1n) is 4.97. The van der Waals surface area contributed by atoms with E-state index in [0.29, 0.717) is 12.8 Å². The molecule has 1 fully saturated rings. The van der Waals surface area contributed by atoms with Crippen molar-refractivity contribution >= 4 is 11.8 Å². The Morgan fingerprint density at radius 1 is 1.27 bits per heavy atom. The highest BCUT2D eigenvalue weighted by Gasteiger charge is 2.42. The SMILES string of the molecule is COC(=O)[C@@H]1C[C@@H](OC)C[C@H]1C(=O)CN. The van der Waals surface area contributed by atoms with E-state index < -0.39 is 5.92 Å². The van der Waals surface area contributed by atoms with Crippen LogP contribution in [0.4, 0.5) is 0 Å². The van der Waals surface area contributed by atoms with Gasteiger partial charge in [0.1, 0.15) is 5.78 Å². The quantitative estimate of drug-likeness (QED) is 0.653. The van der Waals surface area contributed by atoms with Gasteiger partial charge in [-0.3, -0.25) is 9.59 Å². The first-order valence-corrected chi connectivity index (χ1v) is 4.97. The van der Waals surface area contributed by atoms with Gasteiger partial charge in [0.25, 0.3) is 0 Å². The summed E-state index contributed by atoms with van der Waals surface area (Å²) in [5.74, 6) is -1.17. The summed E-state index contributed by atoms with van der Waals surface area (Å²) in [5.41, 5.74) is 5.30. The molecule has 1 saturated carbocycles. The van der Waals surface area contributed by atoms with Crippen LogP contribution in [0.15, 0.2) is 0 Å². The first-order chi connectivity index (χ1) is 7.13. The van der Waals surface area contributed by atoms with Gasteiger partial charge in [0.2, 0.25) is 0 Å². The monoisotopic (exact) mass is 215 g/mol. The molecule has 0 aliphatic heterocycles. The fourth-order valence-electron chi connectivity index (χ4n) is 2.10. The normalized spacial score (nSPS) is 30.2. The van der Waals surface area contributed by atoms with Gasteiger partial charge in [0.15, 0.2) is 0 Å². The van der Waals surface area contributed by atoms with Gasteiger partial charge < -0.3 is 15.2 Å². The maximum absolute atomic E-state index is 11.5. The predicted molar refractivity (Wildman–Crippen MR) is 53.1 cm³/mol. The van der Waals surface area contributed by atoms with Crippen LogP contribution >= 0.6 is 0 Å². The molecule has 0 aromatic carbocycles. The molecule has 0 saturated heterocycles. The molecule has 5 heteroatoms. The van der Waals surface area contributed by atoms with Crippen molar-refractivity contribution in [2.45, 2.75) is 18.9 Å². The van der Waals surface area contributed by atoms with Gasteiger partial charge in [0, 0.05) is 13.0 Å². The Kier molecular flexibility index (Phi) is 4.23. The van der Waals surface area contributed by atoms with Crippen LogP contribution in [0.3, 0.4) is 0 Å². The highest BCUT2D eigenvalue weighted by atomic mass is 16.5. The zero-order valence-corrected chi connectivity index (χ0v) is 9.06. The highest BCUT2D eigenvalue weighted by Crippen LogP contribution is 2.34. The summed E-state index contributed by atoms with van der Waals surface area (Å²) in [6.07, 6.45) is 1.06. The van der Waals surface area contributed by atoms with Crippen LogP contribution in [-0.2, 0) is 19.1 Å². The Labute approximate surface area is 88.9 Å². The van der Waals surface area contributed by atoms with Crippen LogP contribution < -0.4 is 5.73 Å².